The molecule has 1 aromatic rings. The summed E-state index contributed by atoms with van der Waals surface area (Å²) in [6.45, 7) is 2.49. The molecular formula is C17H25Cl2IN4O. The minimum atomic E-state index is -0.234. The molecule has 3 N–H and O–H groups in total. The first kappa shape index (κ1) is 22.3. The summed E-state index contributed by atoms with van der Waals surface area (Å²) < 4.78 is 0. The van der Waals surface area contributed by atoms with E-state index in [2.05, 4.69) is 15.2 Å². The van der Waals surface area contributed by atoms with Gasteiger partial charge in [-0.15, -0.1) is 24.0 Å². The normalized spacial score (nSPS) is 17.8. The van der Waals surface area contributed by atoms with Crippen molar-refractivity contribution in [2.75, 3.05) is 26.7 Å². The number of likely N-dealkylation sites (tertiary alicyclic amines) is 1. The molecule has 1 fully saturated rings. The van der Waals surface area contributed by atoms with Gasteiger partial charge in [-0.2, -0.15) is 0 Å². The highest BCUT2D eigenvalue weighted by molar-refractivity contribution is 14.0. The molecule has 0 saturated carbocycles. The van der Waals surface area contributed by atoms with Crippen molar-refractivity contribution in [2.24, 2.45) is 16.6 Å². The highest BCUT2D eigenvalue weighted by Crippen LogP contribution is 2.20. The molecule has 0 radical (unpaired) electrons. The van der Waals surface area contributed by atoms with Gasteiger partial charge in [-0.05, 0) is 48.9 Å². The maximum absolute atomic E-state index is 11.1. The third-order valence-electron chi connectivity index (χ3n) is 4.14. The number of hydrogen-bond donors (Lipinski definition) is 2. The monoisotopic (exact) mass is 498 g/mol. The van der Waals surface area contributed by atoms with Crippen LogP contribution in [0.4, 0.5) is 0 Å². The van der Waals surface area contributed by atoms with Crippen molar-refractivity contribution in [1.29, 1.82) is 0 Å². The van der Waals surface area contributed by atoms with Crippen LogP contribution >= 0.6 is 47.2 Å². The number of rotatable bonds is 5. The molecule has 1 saturated heterocycles. The SMILES string of the molecule is CN=C(NCCc1cc(Cl)cc(Cl)c1)N1CCCC(CC(N)=O)C1.I. The molecule has 1 aliphatic heterocycles. The summed E-state index contributed by atoms with van der Waals surface area (Å²) in [6.07, 6.45) is 3.33. The number of halogens is 3. The third-order valence-corrected chi connectivity index (χ3v) is 4.58. The number of nitrogens with zero attached hydrogens (tertiary/aromatic N) is 2. The summed E-state index contributed by atoms with van der Waals surface area (Å²) in [4.78, 5) is 17.7. The van der Waals surface area contributed by atoms with Crippen molar-refractivity contribution in [3.63, 3.8) is 0 Å². The summed E-state index contributed by atoms with van der Waals surface area (Å²) in [5.41, 5.74) is 6.41. The number of benzene rings is 1. The van der Waals surface area contributed by atoms with Crippen molar-refractivity contribution >= 4 is 59.0 Å². The number of hydrogen-bond acceptors (Lipinski definition) is 2. The van der Waals surface area contributed by atoms with E-state index in [1.54, 1.807) is 13.1 Å². The largest absolute Gasteiger partial charge is 0.370 e. The van der Waals surface area contributed by atoms with Crippen molar-refractivity contribution < 1.29 is 4.79 Å². The Hall–Kier alpha value is -0.730. The maximum Gasteiger partial charge on any atom is 0.217 e. The summed E-state index contributed by atoms with van der Waals surface area (Å²) in [6, 6.07) is 5.56. The number of amides is 1. The number of primary amides is 1. The van der Waals surface area contributed by atoms with Gasteiger partial charge in [0.2, 0.25) is 5.91 Å². The van der Waals surface area contributed by atoms with Crippen molar-refractivity contribution in [3.05, 3.63) is 33.8 Å². The van der Waals surface area contributed by atoms with Crippen molar-refractivity contribution in [2.45, 2.75) is 25.7 Å². The zero-order chi connectivity index (χ0) is 17.5. The van der Waals surface area contributed by atoms with Crippen molar-refractivity contribution in [3.8, 4) is 0 Å². The summed E-state index contributed by atoms with van der Waals surface area (Å²) in [7, 11) is 1.77. The number of aliphatic imine (C=N–C) groups is 1. The van der Waals surface area contributed by atoms with Gasteiger partial charge in [0.25, 0.3) is 0 Å². The Labute approximate surface area is 176 Å². The first-order valence-electron chi connectivity index (χ1n) is 8.17. The first-order chi connectivity index (χ1) is 11.5. The molecule has 1 unspecified atom stereocenters. The molecule has 140 valence electrons. The van der Waals surface area contributed by atoms with Gasteiger partial charge in [-0.3, -0.25) is 9.79 Å². The zero-order valence-corrected chi connectivity index (χ0v) is 18.1. The molecule has 0 aromatic heterocycles. The van der Waals surface area contributed by atoms with Crippen LogP contribution in [0.15, 0.2) is 23.2 Å². The molecule has 1 aromatic carbocycles. The van der Waals surface area contributed by atoms with Gasteiger partial charge in [-0.25, -0.2) is 0 Å². The Morgan fingerprint density at radius 1 is 1.36 bits per heavy atom. The van der Waals surface area contributed by atoms with E-state index in [1.165, 1.54) is 0 Å². The van der Waals surface area contributed by atoms with Gasteiger partial charge < -0.3 is 16.0 Å². The molecule has 1 heterocycles. The van der Waals surface area contributed by atoms with Gasteiger partial charge in [0, 0.05) is 43.1 Å². The Balaban J connectivity index is 0.00000312. The highest BCUT2D eigenvalue weighted by Gasteiger charge is 2.23. The van der Waals surface area contributed by atoms with Gasteiger partial charge in [0.1, 0.15) is 0 Å². The minimum absolute atomic E-state index is 0. The fraction of sp³-hybridized carbons (Fsp3) is 0.529. The second-order valence-corrected chi connectivity index (χ2v) is 7.00. The predicted octanol–water partition coefficient (Wildman–Crippen LogP) is 3.32. The van der Waals surface area contributed by atoms with Crippen LogP contribution in [0.1, 0.15) is 24.8 Å². The zero-order valence-electron chi connectivity index (χ0n) is 14.3. The van der Waals surface area contributed by atoms with Crippen LogP contribution in [0.3, 0.4) is 0 Å². The van der Waals surface area contributed by atoms with E-state index in [1.807, 2.05) is 12.1 Å². The van der Waals surface area contributed by atoms with E-state index in [0.717, 1.165) is 50.4 Å². The Morgan fingerprint density at radius 2 is 2.04 bits per heavy atom. The maximum atomic E-state index is 11.1. The van der Waals surface area contributed by atoms with E-state index < -0.39 is 0 Å². The number of guanidine groups is 1. The first-order valence-corrected chi connectivity index (χ1v) is 8.92. The Morgan fingerprint density at radius 3 is 2.64 bits per heavy atom. The van der Waals surface area contributed by atoms with E-state index in [-0.39, 0.29) is 29.9 Å². The quantitative estimate of drug-likeness (QED) is 0.371. The molecule has 0 bridgehead atoms. The van der Waals surface area contributed by atoms with Crippen LogP contribution in [0, 0.1) is 5.92 Å². The molecule has 1 atom stereocenters. The van der Waals surface area contributed by atoms with E-state index in [0.29, 0.717) is 22.4 Å². The molecule has 2 rings (SSSR count). The summed E-state index contributed by atoms with van der Waals surface area (Å²) in [5, 5.41) is 4.67. The fourth-order valence-electron chi connectivity index (χ4n) is 3.11. The van der Waals surface area contributed by atoms with Crippen LogP contribution in [-0.2, 0) is 11.2 Å². The third kappa shape index (κ3) is 7.58. The molecule has 0 spiro atoms. The second-order valence-electron chi connectivity index (χ2n) is 6.13. The van der Waals surface area contributed by atoms with Gasteiger partial charge in [-0.1, -0.05) is 23.2 Å². The van der Waals surface area contributed by atoms with Gasteiger partial charge in [0.15, 0.2) is 5.96 Å². The van der Waals surface area contributed by atoms with Gasteiger partial charge >= 0.3 is 0 Å². The standard InChI is InChI=1S/C17H24Cl2N4O.HI/c1-21-17(23-6-2-3-13(11-23)9-16(20)24)22-5-4-12-7-14(18)10-15(19)8-12;/h7-8,10,13H,2-6,9,11H2,1H3,(H2,20,24)(H,21,22);1H. The van der Waals surface area contributed by atoms with Crippen LogP contribution in [0.5, 0.6) is 0 Å². The van der Waals surface area contributed by atoms with Gasteiger partial charge in [0.05, 0.1) is 0 Å². The minimum Gasteiger partial charge on any atom is -0.370 e. The topological polar surface area (TPSA) is 70.7 Å². The molecule has 0 aliphatic carbocycles. The molecule has 8 heteroatoms. The van der Waals surface area contributed by atoms with Crippen LogP contribution in [0.2, 0.25) is 10.0 Å². The predicted molar refractivity (Wildman–Crippen MR) is 115 cm³/mol. The number of piperidine rings is 1. The molecular weight excluding hydrogens is 474 g/mol. The summed E-state index contributed by atoms with van der Waals surface area (Å²) in [5.74, 6) is 0.932. The lowest BCUT2D eigenvalue weighted by Gasteiger charge is -2.34. The second kappa shape index (κ2) is 11.1. The van der Waals surface area contributed by atoms with E-state index in [9.17, 15) is 4.79 Å². The average molecular weight is 499 g/mol. The fourth-order valence-corrected chi connectivity index (χ4v) is 3.69. The average Bonchev–Trinajstić information content (AvgIpc) is 2.50. The van der Waals surface area contributed by atoms with Crippen LogP contribution in [0.25, 0.3) is 0 Å². The molecule has 5 nitrogen and oxygen atoms in total. The molecule has 1 aliphatic rings. The van der Waals surface area contributed by atoms with E-state index in [4.69, 9.17) is 28.9 Å². The lowest BCUT2D eigenvalue weighted by molar-refractivity contribution is -0.119. The number of nitrogens with two attached hydrogens (primary N) is 1. The lowest BCUT2D eigenvalue weighted by atomic mass is 9.95. The number of nitrogens with one attached hydrogen (secondary N) is 1. The lowest BCUT2D eigenvalue weighted by Crippen LogP contribution is -2.47. The smallest absolute Gasteiger partial charge is 0.217 e. The highest BCUT2D eigenvalue weighted by atomic mass is 127. The van der Waals surface area contributed by atoms with E-state index >= 15 is 0 Å². The Kier molecular flexibility index (Phi) is 9.89. The Bertz CT molecular complexity index is 592. The van der Waals surface area contributed by atoms with Crippen LogP contribution < -0.4 is 11.1 Å². The number of carbonyl (C=O) groups excluding carboxylic acids is 1. The summed E-state index contributed by atoms with van der Waals surface area (Å²) >= 11 is 12.0. The van der Waals surface area contributed by atoms with Crippen molar-refractivity contribution in [1.82, 2.24) is 10.2 Å². The number of carbonyl (C=O) groups is 1. The molecule has 25 heavy (non-hydrogen) atoms. The molecule has 1 amide bonds. The van der Waals surface area contributed by atoms with Crippen LogP contribution in [-0.4, -0.2) is 43.4 Å².